The Morgan fingerprint density at radius 2 is 2.15 bits per heavy atom. The van der Waals surface area contributed by atoms with Crippen LogP contribution in [0.5, 0.6) is 5.75 Å². The Labute approximate surface area is 153 Å². The number of anilines is 2. The molecule has 1 fully saturated rings. The number of fused-ring (bicyclic) bond motifs is 1. The molecule has 0 spiro atoms. The SMILES string of the molecule is COc1cc(C(=O)N2CC(F)C2)ccc1Nc1nc2ccc(Cl)cn2n1. The monoisotopic (exact) mass is 375 g/mol. The fourth-order valence-corrected chi connectivity index (χ4v) is 2.89. The third-order valence-electron chi connectivity index (χ3n) is 4.11. The number of benzene rings is 1. The van der Waals surface area contributed by atoms with Gasteiger partial charge in [-0.05, 0) is 30.3 Å². The number of methoxy groups -OCH3 is 1. The molecule has 134 valence electrons. The highest BCUT2D eigenvalue weighted by atomic mass is 35.5. The summed E-state index contributed by atoms with van der Waals surface area (Å²) in [5.74, 6) is 0.613. The predicted molar refractivity (Wildman–Crippen MR) is 95.1 cm³/mol. The van der Waals surface area contributed by atoms with Gasteiger partial charge in [0.25, 0.3) is 5.91 Å². The summed E-state index contributed by atoms with van der Waals surface area (Å²) in [6.07, 6.45) is 0.718. The van der Waals surface area contributed by atoms with Gasteiger partial charge in [-0.25, -0.2) is 8.91 Å². The minimum atomic E-state index is -0.934. The zero-order chi connectivity index (χ0) is 18.3. The molecule has 2 aromatic heterocycles. The zero-order valence-electron chi connectivity index (χ0n) is 13.8. The summed E-state index contributed by atoms with van der Waals surface area (Å²) in [5, 5.41) is 7.92. The van der Waals surface area contributed by atoms with Gasteiger partial charge in [0.05, 0.1) is 30.9 Å². The van der Waals surface area contributed by atoms with Crippen LogP contribution in [0.1, 0.15) is 10.4 Å². The van der Waals surface area contributed by atoms with E-state index in [2.05, 4.69) is 15.4 Å². The van der Waals surface area contributed by atoms with E-state index in [4.69, 9.17) is 16.3 Å². The number of nitrogens with zero attached hydrogens (tertiary/aromatic N) is 4. The zero-order valence-corrected chi connectivity index (χ0v) is 14.6. The van der Waals surface area contributed by atoms with Crippen molar-refractivity contribution < 1.29 is 13.9 Å². The molecule has 0 unspecified atom stereocenters. The summed E-state index contributed by atoms with van der Waals surface area (Å²) < 4.78 is 19.9. The second-order valence-corrected chi connectivity index (χ2v) is 6.37. The van der Waals surface area contributed by atoms with Crippen LogP contribution in [0.2, 0.25) is 5.02 Å². The number of pyridine rings is 1. The lowest BCUT2D eigenvalue weighted by Crippen LogP contribution is -2.51. The van der Waals surface area contributed by atoms with Gasteiger partial charge in [-0.15, -0.1) is 5.10 Å². The lowest BCUT2D eigenvalue weighted by atomic mass is 10.1. The summed E-state index contributed by atoms with van der Waals surface area (Å²) >= 11 is 5.95. The number of likely N-dealkylation sites (tertiary alicyclic amines) is 1. The molecule has 1 amide bonds. The fraction of sp³-hybridized carbons (Fsp3) is 0.235. The molecule has 1 aliphatic heterocycles. The number of nitrogens with one attached hydrogen (secondary N) is 1. The molecule has 0 bridgehead atoms. The van der Waals surface area contributed by atoms with Gasteiger partial charge in [0.15, 0.2) is 5.65 Å². The third-order valence-corrected chi connectivity index (χ3v) is 4.34. The molecule has 1 N–H and O–H groups in total. The van der Waals surface area contributed by atoms with Crippen molar-refractivity contribution in [2.45, 2.75) is 6.17 Å². The van der Waals surface area contributed by atoms with Gasteiger partial charge < -0.3 is 15.0 Å². The van der Waals surface area contributed by atoms with Gasteiger partial charge >= 0.3 is 0 Å². The second kappa shape index (κ2) is 6.45. The van der Waals surface area contributed by atoms with Gasteiger partial charge in [-0.3, -0.25) is 4.79 Å². The maximum absolute atomic E-state index is 13.0. The van der Waals surface area contributed by atoms with E-state index < -0.39 is 6.17 Å². The first kappa shape index (κ1) is 16.6. The number of aromatic nitrogens is 3. The van der Waals surface area contributed by atoms with Crippen LogP contribution in [0.25, 0.3) is 5.65 Å². The highest BCUT2D eigenvalue weighted by Gasteiger charge is 2.31. The van der Waals surface area contributed by atoms with E-state index in [0.29, 0.717) is 33.6 Å². The number of carbonyl (C=O) groups excluding carboxylic acids is 1. The molecule has 0 aliphatic carbocycles. The van der Waals surface area contributed by atoms with Crippen molar-refractivity contribution in [2.24, 2.45) is 0 Å². The Bertz CT molecular complexity index is 986. The Hall–Kier alpha value is -2.87. The Morgan fingerprint density at radius 3 is 2.88 bits per heavy atom. The minimum Gasteiger partial charge on any atom is -0.495 e. The quantitative estimate of drug-likeness (QED) is 0.759. The van der Waals surface area contributed by atoms with Crippen LogP contribution < -0.4 is 10.1 Å². The van der Waals surface area contributed by atoms with Crippen molar-refractivity contribution in [2.75, 3.05) is 25.5 Å². The Morgan fingerprint density at radius 1 is 1.35 bits per heavy atom. The maximum Gasteiger partial charge on any atom is 0.254 e. The topological polar surface area (TPSA) is 71.8 Å². The molecule has 1 aliphatic rings. The number of carbonyl (C=O) groups is 1. The van der Waals surface area contributed by atoms with Crippen LogP contribution >= 0.6 is 11.6 Å². The fourth-order valence-electron chi connectivity index (χ4n) is 2.73. The van der Waals surface area contributed by atoms with Gasteiger partial charge in [0, 0.05) is 11.8 Å². The van der Waals surface area contributed by atoms with Gasteiger partial charge in [0.2, 0.25) is 5.95 Å². The Balaban J connectivity index is 1.58. The lowest BCUT2D eigenvalue weighted by molar-refractivity contribution is 0.0400. The molecular formula is C17H15ClFN5O2. The summed E-state index contributed by atoms with van der Waals surface area (Å²) in [5.41, 5.74) is 1.69. The molecule has 4 rings (SSSR count). The van der Waals surface area contributed by atoms with E-state index in [1.54, 1.807) is 41.0 Å². The van der Waals surface area contributed by atoms with Crippen LogP contribution in [0.3, 0.4) is 0 Å². The standard InChI is InChI=1S/C17H15ClFN5O2/c1-26-14-6-10(16(25)23-8-12(19)9-23)2-4-13(14)20-17-21-15-5-3-11(18)7-24(15)22-17/h2-7,12H,8-9H2,1H3,(H,20,22). The predicted octanol–water partition coefficient (Wildman–Crippen LogP) is 2.93. The second-order valence-electron chi connectivity index (χ2n) is 5.93. The number of hydrogen-bond acceptors (Lipinski definition) is 5. The first-order valence-corrected chi connectivity index (χ1v) is 8.31. The number of ether oxygens (including phenoxy) is 1. The van der Waals surface area contributed by atoms with Crippen molar-refractivity contribution in [1.82, 2.24) is 19.5 Å². The number of alkyl halides is 1. The van der Waals surface area contributed by atoms with Crippen molar-refractivity contribution in [3.8, 4) is 5.75 Å². The first-order valence-electron chi connectivity index (χ1n) is 7.94. The number of hydrogen-bond donors (Lipinski definition) is 1. The van der Waals surface area contributed by atoms with Crippen molar-refractivity contribution in [3.05, 3.63) is 47.1 Å². The third kappa shape index (κ3) is 3.03. The molecule has 0 radical (unpaired) electrons. The van der Waals surface area contributed by atoms with Crippen LogP contribution in [0.15, 0.2) is 36.5 Å². The summed E-state index contributed by atoms with van der Waals surface area (Å²) in [7, 11) is 1.51. The van der Waals surface area contributed by atoms with Crippen LogP contribution in [-0.2, 0) is 0 Å². The number of amides is 1. The number of halogens is 2. The van der Waals surface area contributed by atoms with E-state index in [1.807, 2.05) is 0 Å². The molecule has 7 nitrogen and oxygen atoms in total. The molecule has 3 heterocycles. The van der Waals surface area contributed by atoms with Crippen molar-refractivity contribution in [1.29, 1.82) is 0 Å². The van der Waals surface area contributed by atoms with Crippen molar-refractivity contribution in [3.63, 3.8) is 0 Å². The lowest BCUT2D eigenvalue weighted by Gasteiger charge is -2.34. The summed E-state index contributed by atoms with van der Waals surface area (Å²) in [6.45, 7) is 0.268. The van der Waals surface area contributed by atoms with Gasteiger partial charge in [-0.1, -0.05) is 11.6 Å². The highest BCUT2D eigenvalue weighted by Crippen LogP contribution is 2.29. The van der Waals surface area contributed by atoms with E-state index in [0.717, 1.165) is 0 Å². The molecule has 0 saturated carbocycles. The molecule has 0 atom stereocenters. The Kier molecular flexibility index (Phi) is 4.12. The average Bonchev–Trinajstić information content (AvgIpc) is 3.00. The average molecular weight is 376 g/mol. The summed E-state index contributed by atoms with van der Waals surface area (Å²) in [6, 6.07) is 8.46. The van der Waals surface area contributed by atoms with E-state index in [-0.39, 0.29) is 19.0 Å². The van der Waals surface area contributed by atoms with E-state index in [9.17, 15) is 9.18 Å². The molecule has 9 heteroatoms. The molecule has 3 aromatic rings. The smallest absolute Gasteiger partial charge is 0.254 e. The molecule has 26 heavy (non-hydrogen) atoms. The van der Waals surface area contributed by atoms with E-state index in [1.165, 1.54) is 12.0 Å². The molecule has 1 saturated heterocycles. The number of rotatable bonds is 4. The van der Waals surface area contributed by atoms with Crippen LogP contribution in [0, 0.1) is 0 Å². The minimum absolute atomic E-state index is 0.134. The summed E-state index contributed by atoms with van der Waals surface area (Å²) in [4.78, 5) is 18.1. The van der Waals surface area contributed by atoms with E-state index >= 15 is 0 Å². The van der Waals surface area contributed by atoms with Gasteiger partial charge in [-0.2, -0.15) is 4.98 Å². The van der Waals surface area contributed by atoms with Gasteiger partial charge in [0.1, 0.15) is 11.9 Å². The van der Waals surface area contributed by atoms with Crippen LogP contribution in [-0.4, -0.2) is 51.8 Å². The molecular weight excluding hydrogens is 361 g/mol. The van der Waals surface area contributed by atoms with Crippen LogP contribution in [0.4, 0.5) is 16.0 Å². The van der Waals surface area contributed by atoms with Crippen molar-refractivity contribution >= 4 is 34.8 Å². The normalized spacial score (nSPS) is 14.3. The highest BCUT2D eigenvalue weighted by molar-refractivity contribution is 6.30. The maximum atomic E-state index is 13.0. The largest absolute Gasteiger partial charge is 0.495 e. The molecule has 1 aromatic carbocycles. The first-order chi connectivity index (χ1) is 12.5.